The topological polar surface area (TPSA) is 49.3 Å². The fourth-order valence-corrected chi connectivity index (χ4v) is 2.81. The Kier molecular flexibility index (Phi) is 7.83. The highest BCUT2D eigenvalue weighted by atomic mass is 32.2. The Morgan fingerprint density at radius 2 is 1.86 bits per heavy atom. The van der Waals surface area contributed by atoms with Crippen LogP contribution in [0.15, 0.2) is 29.2 Å². The van der Waals surface area contributed by atoms with Crippen molar-refractivity contribution in [2.75, 3.05) is 18.8 Å². The van der Waals surface area contributed by atoms with Gasteiger partial charge in [-0.1, -0.05) is 31.5 Å². The van der Waals surface area contributed by atoms with Gasteiger partial charge in [-0.3, -0.25) is 4.79 Å². The highest BCUT2D eigenvalue weighted by molar-refractivity contribution is 7.99. The van der Waals surface area contributed by atoms with Gasteiger partial charge < -0.3 is 10.4 Å². The average Bonchev–Trinajstić information content (AvgIpc) is 2.42. The molecule has 0 bridgehead atoms. The zero-order valence-corrected chi connectivity index (χ0v) is 14.1. The van der Waals surface area contributed by atoms with Crippen LogP contribution in [0.4, 0.5) is 0 Å². The van der Waals surface area contributed by atoms with E-state index in [4.69, 9.17) is 5.11 Å². The molecule has 4 heteroatoms. The summed E-state index contributed by atoms with van der Waals surface area (Å²) in [5.41, 5.74) is 1.39. The normalized spacial score (nSPS) is 11.6. The van der Waals surface area contributed by atoms with E-state index in [1.807, 2.05) is 11.8 Å². The third-order valence-electron chi connectivity index (χ3n) is 3.56. The lowest BCUT2D eigenvalue weighted by Crippen LogP contribution is -2.24. The zero-order chi connectivity index (χ0) is 15.7. The van der Waals surface area contributed by atoms with Crippen LogP contribution in [0.5, 0.6) is 0 Å². The number of aryl methyl sites for hydroxylation is 1. The van der Waals surface area contributed by atoms with E-state index < -0.39 is 5.97 Å². The van der Waals surface area contributed by atoms with Crippen LogP contribution >= 0.6 is 11.8 Å². The van der Waals surface area contributed by atoms with Crippen LogP contribution in [-0.2, 0) is 4.79 Å². The van der Waals surface area contributed by atoms with Crippen molar-refractivity contribution in [3.05, 3.63) is 29.8 Å². The van der Waals surface area contributed by atoms with E-state index in [2.05, 4.69) is 50.4 Å². The second-order valence-electron chi connectivity index (χ2n) is 6.22. The average molecular weight is 309 g/mol. The summed E-state index contributed by atoms with van der Waals surface area (Å²) in [6, 6.07) is 8.60. The number of thioether (sulfide) groups is 1. The minimum absolute atomic E-state index is 0.0927. The standard InChI is InChI=1S/C17H27NO2S/c1-14-4-6-15(7-5-14)21-13-12-18-11-10-17(2,3)9-8-16(19)20/h4-7,18H,8-13H2,1-3H3,(H,19,20). The minimum Gasteiger partial charge on any atom is -0.481 e. The molecular weight excluding hydrogens is 282 g/mol. The first-order chi connectivity index (χ1) is 9.89. The summed E-state index contributed by atoms with van der Waals surface area (Å²) in [6.07, 6.45) is 2.01. The summed E-state index contributed by atoms with van der Waals surface area (Å²) >= 11 is 1.86. The molecule has 21 heavy (non-hydrogen) atoms. The van der Waals surface area contributed by atoms with Gasteiger partial charge in [0.15, 0.2) is 0 Å². The smallest absolute Gasteiger partial charge is 0.303 e. The Labute approximate surface area is 132 Å². The first-order valence-corrected chi connectivity index (χ1v) is 8.50. The maximum Gasteiger partial charge on any atom is 0.303 e. The highest BCUT2D eigenvalue weighted by Crippen LogP contribution is 2.26. The van der Waals surface area contributed by atoms with Gasteiger partial charge >= 0.3 is 5.97 Å². The lowest BCUT2D eigenvalue weighted by Gasteiger charge is -2.23. The second-order valence-corrected chi connectivity index (χ2v) is 7.39. The summed E-state index contributed by atoms with van der Waals surface area (Å²) < 4.78 is 0. The Bertz CT molecular complexity index is 429. The molecule has 0 spiro atoms. The fourth-order valence-electron chi connectivity index (χ4n) is 2.00. The molecule has 1 aromatic carbocycles. The van der Waals surface area contributed by atoms with Crippen molar-refractivity contribution in [1.29, 1.82) is 0 Å². The van der Waals surface area contributed by atoms with E-state index in [0.29, 0.717) is 0 Å². The van der Waals surface area contributed by atoms with Crippen molar-refractivity contribution in [1.82, 2.24) is 5.32 Å². The molecule has 0 atom stereocenters. The Morgan fingerprint density at radius 1 is 1.19 bits per heavy atom. The predicted octanol–water partition coefficient (Wildman–Crippen LogP) is 3.96. The Balaban J connectivity index is 2.08. The SMILES string of the molecule is Cc1ccc(SCCNCCC(C)(C)CCC(=O)O)cc1. The molecule has 0 saturated carbocycles. The van der Waals surface area contributed by atoms with Crippen LogP contribution in [0.25, 0.3) is 0 Å². The van der Waals surface area contributed by atoms with Crippen LogP contribution in [0.1, 0.15) is 38.7 Å². The number of carboxylic acids is 1. The van der Waals surface area contributed by atoms with E-state index in [9.17, 15) is 4.79 Å². The van der Waals surface area contributed by atoms with Gasteiger partial charge in [-0.05, 0) is 43.9 Å². The molecule has 1 rings (SSSR count). The molecule has 0 saturated heterocycles. The molecule has 0 unspecified atom stereocenters. The van der Waals surface area contributed by atoms with E-state index in [-0.39, 0.29) is 11.8 Å². The molecule has 2 N–H and O–H groups in total. The van der Waals surface area contributed by atoms with Crippen molar-refractivity contribution in [2.45, 2.75) is 44.9 Å². The number of hydrogen-bond acceptors (Lipinski definition) is 3. The number of hydrogen-bond donors (Lipinski definition) is 2. The molecule has 0 aromatic heterocycles. The number of carboxylic acid groups (broad SMARTS) is 1. The monoisotopic (exact) mass is 309 g/mol. The molecule has 3 nitrogen and oxygen atoms in total. The number of benzene rings is 1. The maximum absolute atomic E-state index is 10.6. The zero-order valence-electron chi connectivity index (χ0n) is 13.3. The summed E-state index contributed by atoms with van der Waals surface area (Å²) in [5, 5.41) is 12.2. The van der Waals surface area contributed by atoms with Crippen molar-refractivity contribution < 1.29 is 9.90 Å². The Hall–Kier alpha value is -1.00. The molecule has 118 valence electrons. The van der Waals surface area contributed by atoms with Gasteiger partial charge in [-0.15, -0.1) is 11.8 Å². The molecule has 0 radical (unpaired) electrons. The number of aliphatic carboxylic acids is 1. The van der Waals surface area contributed by atoms with Gasteiger partial charge in [0.2, 0.25) is 0 Å². The molecule has 0 heterocycles. The van der Waals surface area contributed by atoms with Crippen molar-refractivity contribution in [2.24, 2.45) is 5.41 Å². The van der Waals surface area contributed by atoms with Gasteiger partial charge in [0.1, 0.15) is 0 Å². The Morgan fingerprint density at radius 3 is 2.48 bits per heavy atom. The van der Waals surface area contributed by atoms with Crippen molar-refractivity contribution in [3.8, 4) is 0 Å². The minimum atomic E-state index is -0.703. The largest absolute Gasteiger partial charge is 0.481 e. The second kappa shape index (κ2) is 9.11. The number of rotatable bonds is 10. The van der Waals surface area contributed by atoms with Gasteiger partial charge in [-0.2, -0.15) is 0 Å². The first-order valence-electron chi connectivity index (χ1n) is 7.51. The van der Waals surface area contributed by atoms with E-state index in [1.165, 1.54) is 10.5 Å². The third-order valence-corrected chi connectivity index (χ3v) is 4.58. The number of carbonyl (C=O) groups is 1. The molecule has 0 amide bonds. The molecule has 0 fully saturated rings. The van der Waals surface area contributed by atoms with Crippen molar-refractivity contribution in [3.63, 3.8) is 0 Å². The lowest BCUT2D eigenvalue weighted by atomic mass is 9.84. The summed E-state index contributed by atoms with van der Waals surface area (Å²) in [5.74, 6) is 0.351. The molecule has 1 aromatic rings. The lowest BCUT2D eigenvalue weighted by molar-refractivity contribution is -0.137. The molecule has 0 aliphatic heterocycles. The summed E-state index contributed by atoms with van der Waals surface area (Å²) in [7, 11) is 0. The third kappa shape index (κ3) is 8.79. The van der Waals surface area contributed by atoms with Crippen molar-refractivity contribution >= 4 is 17.7 Å². The van der Waals surface area contributed by atoms with Gasteiger partial charge in [-0.25, -0.2) is 0 Å². The van der Waals surface area contributed by atoms with E-state index >= 15 is 0 Å². The van der Waals surface area contributed by atoms with Crippen LogP contribution in [-0.4, -0.2) is 29.9 Å². The van der Waals surface area contributed by atoms with Crippen LogP contribution in [0.2, 0.25) is 0 Å². The van der Waals surface area contributed by atoms with Crippen LogP contribution in [0.3, 0.4) is 0 Å². The number of nitrogens with one attached hydrogen (secondary N) is 1. The summed E-state index contributed by atoms with van der Waals surface area (Å²) in [4.78, 5) is 11.9. The van der Waals surface area contributed by atoms with Crippen LogP contribution in [0, 0.1) is 12.3 Å². The fraction of sp³-hybridized carbons (Fsp3) is 0.588. The molecule has 0 aliphatic rings. The molecular formula is C17H27NO2S. The van der Waals surface area contributed by atoms with Gasteiger partial charge in [0, 0.05) is 23.6 Å². The van der Waals surface area contributed by atoms with Crippen LogP contribution < -0.4 is 5.32 Å². The van der Waals surface area contributed by atoms with Gasteiger partial charge in [0.25, 0.3) is 0 Å². The van der Waals surface area contributed by atoms with Gasteiger partial charge in [0.05, 0.1) is 0 Å². The first kappa shape index (κ1) is 18.1. The van der Waals surface area contributed by atoms with E-state index in [0.717, 1.165) is 31.7 Å². The quantitative estimate of drug-likeness (QED) is 0.507. The summed E-state index contributed by atoms with van der Waals surface area (Å²) in [6.45, 7) is 8.30. The van der Waals surface area contributed by atoms with E-state index in [1.54, 1.807) is 0 Å². The maximum atomic E-state index is 10.6. The molecule has 0 aliphatic carbocycles. The highest BCUT2D eigenvalue weighted by Gasteiger charge is 2.18. The predicted molar refractivity (Wildman–Crippen MR) is 90.0 cm³/mol.